The van der Waals surface area contributed by atoms with Gasteiger partial charge in [0.25, 0.3) is 0 Å². The number of hydrogen-bond donors (Lipinski definition) is 1. The van der Waals surface area contributed by atoms with E-state index in [-0.39, 0.29) is 0 Å². The Morgan fingerprint density at radius 3 is 2.88 bits per heavy atom. The quantitative estimate of drug-likeness (QED) is 0.886. The number of hydrogen-bond acceptors (Lipinski definition) is 3. The first kappa shape index (κ1) is 11.4. The van der Waals surface area contributed by atoms with Crippen molar-refractivity contribution in [1.82, 2.24) is 9.78 Å². The van der Waals surface area contributed by atoms with Gasteiger partial charge in [0, 0.05) is 22.5 Å². The molecular weight excluding hydrogens is 220 g/mol. The molecule has 2 heterocycles. The van der Waals surface area contributed by atoms with Crippen LogP contribution in [0.3, 0.4) is 0 Å². The highest BCUT2D eigenvalue weighted by atomic mass is 32.1. The Hall–Kier alpha value is -1.13. The van der Waals surface area contributed by atoms with Crippen molar-refractivity contribution in [3.05, 3.63) is 39.8 Å². The average molecular weight is 236 g/mol. The maximum atomic E-state index is 10.3. The van der Waals surface area contributed by atoms with Gasteiger partial charge < -0.3 is 5.11 Å². The van der Waals surface area contributed by atoms with E-state index < -0.39 is 6.10 Å². The van der Waals surface area contributed by atoms with Crippen molar-refractivity contribution in [3.63, 3.8) is 0 Å². The summed E-state index contributed by atoms with van der Waals surface area (Å²) in [5, 5.41) is 14.5. The highest BCUT2D eigenvalue weighted by Crippen LogP contribution is 2.27. The lowest BCUT2D eigenvalue weighted by Crippen LogP contribution is -2.09. The van der Waals surface area contributed by atoms with E-state index in [2.05, 4.69) is 12.0 Å². The third kappa shape index (κ3) is 2.18. The smallest absolute Gasteiger partial charge is 0.130 e. The average Bonchev–Trinajstić information content (AvgIpc) is 2.87. The summed E-state index contributed by atoms with van der Waals surface area (Å²) in [5.41, 5.74) is 0.878. The van der Waals surface area contributed by atoms with Crippen LogP contribution in [-0.4, -0.2) is 14.9 Å². The van der Waals surface area contributed by atoms with E-state index in [1.54, 1.807) is 17.5 Å². The van der Waals surface area contributed by atoms with Crippen LogP contribution in [0.2, 0.25) is 0 Å². The summed E-state index contributed by atoms with van der Waals surface area (Å²) >= 11 is 1.63. The Balaban J connectivity index is 2.26. The molecule has 1 N–H and O–H groups in total. The van der Waals surface area contributed by atoms with Gasteiger partial charge in [-0.25, -0.2) is 0 Å². The van der Waals surface area contributed by atoms with Crippen molar-refractivity contribution < 1.29 is 5.11 Å². The Morgan fingerprint density at radius 1 is 1.44 bits per heavy atom. The molecule has 2 aromatic rings. The molecule has 0 aliphatic carbocycles. The molecule has 0 spiro atoms. The maximum Gasteiger partial charge on any atom is 0.130 e. The number of aliphatic hydroxyl groups is 1. The molecule has 0 saturated carbocycles. The van der Waals surface area contributed by atoms with Crippen LogP contribution in [0.1, 0.15) is 34.9 Å². The number of aryl methyl sites for hydroxylation is 2. The summed E-state index contributed by atoms with van der Waals surface area (Å²) in [6, 6.07) is 5.90. The molecule has 0 radical (unpaired) electrons. The van der Waals surface area contributed by atoms with Crippen molar-refractivity contribution in [2.24, 2.45) is 0 Å². The zero-order valence-corrected chi connectivity index (χ0v) is 10.4. The predicted molar refractivity (Wildman–Crippen MR) is 65.6 cm³/mol. The zero-order chi connectivity index (χ0) is 11.5. The van der Waals surface area contributed by atoms with Crippen LogP contribution in [0, 0.1) is 6.92 Å². The van der Waals surface area contributed by atoms with E-state index in [0.717, 1.165) is 23.5 Å². The van der Waals surface area contributed by atoms with Crippen molar-refractivity contribution in [2.75, 3.05) is 0 Å². The molecule has 1 atom stereocenters. The van der Waals surface area contributed by atoms with Gasteiger partial charge >= 0.3 is 0 Å². The van der Waals surface area contributed by atoms with Gasteiger partial charge in [-0.05, 0) is 31.5 Å². The van der Waals surface area contributed by atoms with Gasteiger partial charge in [0.1, 0.15) is 6.10 Å². The molecule has 0 fully saturated rings. The number of aliphatic hydroxyl groups excluding tert-OH is 1. The molecule has 0 aliphatic rings. The molecule has 0 saturated heterocycles. The molecule has 4 heteroatoms. The van der Waals surface area contributed by atoms with Crippen molar-refractivity contribution >= 4 is 11.3 Å². The Kier molecular flexibility index (Phi) is 3.41. The van der Waals surface area contributed by atoms with E-state index >= 15 is 0 Å². The highest BCUT2D eigenvalue weighted by Gasteiger charge is 2.16. The number of nitrogens with zero attached hydrogens (tertiary/aromatic N) is 2. The van der Waals surface area contributed by atoms with Gasteiger partial charge in [0.15, 0.2) is 0 Å². The summed E-state index contributed by atoms with van der Waals surface area (Å²) in [4.78, 5) is 2.20. The molecule has 0 bridgehead atoms. The molecule has 1 unspecified atom stereocenters. The normalized spacial score (nSPS) is 12.9. The van der Waals surface area contributed by atoms with E-state index in [1.165, 1.54) is 4.88 Å². The second-order valence-corrected chi connectivity index (χ2v) is 5.15. The lowest BCUT2D eigenvalue weighted by Gasteiger charge is -2.11. The molecule has 0 aliphatic heterocycles. The Morgan fingerprint density at radius 2 is 2.25 bits per heavy atom. The fraction of sp³-hybridized carbons (Fsp3) is 0.417. The first-order valence-corrected chi connectivity index (χ1v) is 6.30. The minimum absolute atomic E-state index is 0.548. The molecular formula is C12H16N2OS. The van der Waals surface area contributed by atoms with Crippen LogP contribution >= 0.6 is 11.3 Å². The number of aromatic nitrogens is 2. The summed E-state index contributed by atoms with van der Waals surface area (Å²) in [7, 11) is 0. The molecule has 3 nitrogen and oxygen atoms in total. The first-order valence-electron chi connectivity index (χ1n) is 5.48. The Labute approximate surface area is 99.4 Å². The summed E-state index contributed by atoms with van der Waals surface area (Å²) in [6.07, 6.45) is 2.22. The molecule has 86 valence electrons. The monoisotopic (exact) mass is 236 g/mol. The van der Waals surface area contributed by atoms with E-state index in [9.17, 15) is 5.11 Å². The molecule has 0 amide bonds. The third-order valence-electron chi connectivity index (χ3n) is 2.50. The topological polar surface area (TPSA) is 38.0 Å². The minimum atomic E-state index is -0.548. The van der Waals surface area contributed by atoms with Gasteiger partial charge in [-0.2, -0.15) is 5.10 Å². The summed E-state index contributed by atoms with van der Waals surface area (Å²) in [6.45, 7) is 5.00. The van der Waals surface area contributed by atoms with Crippen molar-refractivity contribution in [1.29, 1.82) is 0 Å². The van der Waals surface area contributed by atoms with Gasteiger partial charge in [-0.3, -0.25) is 4.68 Å². The van der Waals surface area contributed by atoms with Crippen LogP contribution in [0.4, 0.5) is 0 Å². The predicted octanol–water partition coefficient (Wildman–Crippen LogP) is 2.74. The molecule has 2 rings (SSSR count). The highest BCUT2D eigenvalue weighted by molar-refractivity contribution is 7.12. The molecule has 0 aromatic carbocycles. The van der Waals surface area contributed by atoms with Crippen LogP contribution in [-0.2, 0) is 6.54 Å². The van der Waals surface area contributed by atoms with Crippen LogP contribution in [0.15, 0.2) is 24.4 Å². The van der Waals surface area contributed by atoms with E-state index in [4.69, 9.17) is 0 Å². The van der Waals surface area contributed by atoms with E-state index in [1.807, 2.05) is 29.8 Å². The van der Waals surface area contributed by atoms with Gasteiger partial charge in [0.05, 0.1) is 5.69 Å². The lowest BCUT2D eigenvalue weighted by atomic mass is 10.2. The fourth-order valence-electron chi connectivity index (χ4n) is 1.72. The van der Waals surface area contributed by atoms with Crippen molar-refractivity contribution in [3.8, 4) is 0 Å². The second-order valence-electron chi connectivity index (χ2n) is 3.83. The fourth-order valence-corrected chi connectivity index (χ4v) is 2.60. The molecule has 2 aromatic heterocycles. The minimum Gasteiger partial charge on any atom is -0.381 e. The maximum absolute atomic E-state index is 10.3. The molecule has 16 heavy (non-hydrogen) atoms. The second kappa shape index (κ2) is 4.80. The van der Waals surface area contributed by atoms with Gasteiger partial charge in [0.2, 0.25) is 0 Å². The van der Waals surface area contributed by atoms with Gasteiger partial charge in [-0.1, -0.05) is 6.92 Å². The van der Waals surface area contributed by atoms with E-state index in [0.29, 0.717) is 0 Å². The van der Waals surface area contributed by atoms with Gasteiger partial charge in [-0.15, -0.1) is 11.3 Å². The standard InChI is InChI=1S/C12H16N2OS/c1-3-8-14-10(6-7-13-14)12(15)11-5-4-9(2)16-11/h4-7,12,15H,3,8H2,1-2H3. The van der Waals surface area contributed by atoms with Crippen molar-refractivity contribution in [2.45, 2.75) is 32.9 Å². The largest absolute Gasteiger partial charge is 0.381 e. The lowest BCUT2D eigenvalue weighted by molar-refractivity contribution is 0.211. The van der Waals surface area contributed by atoms with Crippen LogP contribution in [0.5, 0.6) is 0 Å². The SMILES string of the molecule is CCCn1nccc1C(O)c1ccc(C)s1. The summed E-state index contributed by atoms with van der Waals surface area (Å²) in [5.74, 6) is 0. The zero-order valence-electron chi connectivity index (χ0n) is 9.55. The van der Waals surface area contributed by atoms with Crippen LogP contribution in [0.25, 0.3) is 0 Å². The summed E-state index contributed by atoms with van der Waals surface area (Å²) < 4.78 is 1.87. The number of rotatable bonds is 4. The number of thiophene rings is 1. The van der Waals surface area contributed by atoms with Crippen LogP contribution < -0.4 is 0 Å². The Bertz CT molecular complexity index is 461. The third-order valence-corrected chi connectivity index (χ3v) is 3.55. The first-order chi connectivity index (χ1) is 7.72.